The third-order valence-electron chi connectivity index (χ3n) is 3.86. The number of carboxylic acids is 1. The summed E-state index contributed by atoms with van der Waals surface area (Å²) >= 11 is 0. The largest absolute Gasteiger partial charge is 0.481 e. The van der Waals surface area contributed by atoms with Crippen LogP contribution in [0.2, 0.25) is 0 Å². The molecule has 1 aromatic rings. The second-order valence-electron chi connectivity index (χ2n) is 5.41. The molecular weight excluding hydrogens is 248 g/mol. The Morgan fingerprint density at radius 2 is 2.11 bits per heavy atom. The maximum Gasteiger partial charge on any atom is 0.306 e. The highest BCUT2D eigenvalue weighted by Gasteiger charge is 2.32. The zero-order valence-electron chi connectivity index (χ0n) is 10.5. The van der Waals surface area contributed by atoms with Crippen LogP contribution in [0.4, 0.5) is 0 Å². The molecule has 6 heteroatoms. The summed E-state index contributed by atoms with van der Waals surface area (Å²) in [4.78, 5) is 22.8. The average molecular weight is 264 g/mol. The number of nitrogens with zero attached hydrogens (tertiary/aromatic N) is 1. The standard InChI is InChI=1S/C13H16N2O4/c16-12(10-6-11(19-15-10)7-1-2-7)14-9-4-3-8(5-9)13(17)18/h6-9H,1-5H2,(H,14,16)(H,17,18). The lowest BCUT2D eigenvalue weighted by Crippen LogP contribution is -2.33. The highest BCUT2D eigenvalue weighted by atomic mass is 16.5. The van der Waals surface area contributed by atoms with Crippen molar-refractivity contribution in [1.82, 2.24) is 10.5 Å². The van der Waals surface area contributed by atoms with Crippen molar-refractivity contribution >= 4 is 11.9 Å². The van der Waals surface area contributed by atoms with Crippen molar-refractivity contribution in [3.63, 3.8) is 0 Å². The van der Waals surface area contributed by atoms with Gasteiger partial charge in [0.2, 0.25) is 0 Å². The SMILES string of the molecule is O=C(NC1CCC(C(=O)O)C1)c1cc(C2CC2)on1. The molecule has 0 aliphatic heterocycles. The number of amides is 1. The lowest BCUT2D eigenvalue weighted by molar-refractivity contribution is -0.141. The molecule has 1 heterocycles. The molecule has 2 N–H and O–H groups in total. The number of hydrogen-bond donors (Lipinski definition) is 2. The van der Waals surface area contributed by atoms with Crippen LogP contribution in [0.5, 0.6) is 0 Å². The maximum absolute atomic E-state index is 12.0. The first-order chi connectivity index (χ1) is 9.13. The van der Waals surface area contributed by atoms with E-state index in [4.69, 9.17) is 9.63 Å². The number of hydrogen-bond acceptors (Lipinski definition) is 4. The van der Waals surface area contributed by atoms with Crippen molar-refractivity contribution in [2.24, 2.45) is 5.92 Å². The molecule has 6 nitrogen and oxygen atoms in total. The van der Waals surface area contributed by atoms with E-state index in [1.165, 1.54) is 0 Å². The van der Waals surface area contributed by atoms with Gasteiger partial charge < -0.3 is 14.9 Å². The van der Waals surface area contributed by atoms with Gasteiger partial charge in [0.1, 0.15) is 5.76 Å². The van der Waals surface area contributed by atoms with Crippen LogP contribution < -0.4 is 5.32 Å². The fourth-order valence-corrected chi connectivity index (χ4v) is 2.55. The topological polar surface area (TPSA) is 92.4 Å². The zero-order chi connectivity index (χ0) is 13.4. The van der Waals surface area contributed by atoms with Crippen LogP contribution in [-0.4, -0.2) is 28.2 Å². The molecule has 0 spiro atoms. The van der Waals surface area contributed by atoms with Crippen molar-refractivity contribution in [2.45, 2.75) is 44.1 Å². The molecule has 1 amide bonds. The molecule has 2 aliphatic rings. The summed E-state index contributed by atoms with van der Waals surface area (Å²) in [5.41, 5.74) is 0.292. The van der Waals surface area contributed by atoms with E-state index in [1.807, 2.05) is 0 Å². The van der Waals surface area contributed by atoms with E-state index in [1.54, 1.807) is 6.07 Å². The van der Waals surface area contributed by atoms with Crippen molar-refractivity contribution < 1.29 is 19.2 Å². The summed E-state index contributed by atoms with van der Waals surface area (Å²) in [7, 11) is 0. The smallest absolute Gasteiger partial charge is 0.306 e. The number of carboxylic acid groups (broad SMARTS) is 1. The number of carbonyl (C=O) groups is 2. The van der Waals surface area contributed by atoms with Crippen LogP contribution in [0.25, 0.3) is 0 Å². The molecule has 102 valence electrons. The van der Waals surface area contributed by atoms with Crippen LogP contribution >= 0.6 is 0 Å². The molecule has 0 saturated heterocycles. The highest BCUT2D eigenvalue weighted by Crippen LogP contribution is 2.40. The molecule has 1 aromatic heterocycles. The van der Waals surface area contributed by atoms with E-state index in [2.05, 4.69) is 10.5 Å². The predicted molar refractivity (Wildman–Crippen MR) is 64.7 cm³/mol. The van der Waals surface area contributed by atoms with E-state index >= 15 is 0 Å². The second-order valence-corrected chi connectivity index (χ2v) is 5.41. The van der Waals surface area contributed by atoms with Gasteiger partial charge in [0, 0.05) is 18.0 Å². The Balaban J connectivity index is 1.57. The molecule has 0 bridgehead atoms. The molecular formula is C13H16N2O4. The van der Waals surface area contributed by atoms with Gasteiger partial charge in [-0.15, -0.1) is 0 Å². The molecule has 2 aliphatic carbocycles. The Bertz CT molecular complexity index is 506. The number of aromatic nitrogens is 1. The van der Waals surface area contributed by atoms with Gasteiger partial charge in [-0.05, 0) is 32.1 Å². The van der Waals surface area contributed by atoms with Gasteiger partial charge >= 0.3 is 5.97 Å². The first kappa shape index (κ1) is 12.2. The molecule has 19 heavy (non-hydrogen) atoms. The fraction of sp³-hybridized carbons (Fsp3) is 0.615. The number of carbonyl (C=O) groups excluding carboxylic acids is 1. The molecule has 0 aromatic carbocycles. The number of rotatable bonds is 4. The van der Waals surface area contributed by atoms with Crippen molar-refractivity contribution in [1.29, 1.82) is 0 Å². The van der Waals surface area contributed by atoms with Crippen LogP contribution in [0.3, 0.4) is 0 Å². The molecule has 2 atom stereocenters. The lowest BCUT2D eigenvalue weighted by Gasteiger charge is -2.10. The summed E-state index contributed by atoms with van der Waals surface area (Å²) in [6.07, 6.45) is 4.01. The summed E-state index contributed by atoms with van der Waals surface area (Å²) in [6, 6.07) is 1.62. The Kier molecular flexibility index (Phi) is 3.00. The molecule has 2 unspecified atom stereocenters. The molecule has 2 fully saturated rings. The molecule has 2 saturated carbocycles. The fourth-order valence-electron chi connectivity index (χ4n) is 2.55. The minimum absolute atomic E-state index is 0.0744. The lowest BCUT2D eigenvalue weighted by atomic mass is 10.1. The Morgan fingerprint density at radius 1 is 1.32 bits per heavy atom. The van der Waals surface area contributed by atoms with E-state index in [-0.39, 0.29) is 17.9 Å². The Labute approximate surface area is 110 Å². The zero-order valence-corrected chi connectivity index (χ0v) is 10.5. The monoisotopic (exact) mass is 264 g/mol. The van der Waals surface area contributed by atoms with Gasteiger partial charge in [-0.25, -0.2) is 0 Å². The molecule has 0 radical (unpaired) electrons. The maximum atomic E-state index is 12.0. The van der Waals surface area contributed by atoms with E-state index in [9.17, 15) is 9.59 Å². The average Bonchev–Trinajstić information content (AvgIpc) is 2.92. The number of nitrogens with one attached hydrogen (secondary N) is 1. The normalized spacial score (nSPS) is 26.3. The summed E-state index contributed by atoms with van der Waals surface area (Å²) in [6.45, 7) is 0. The van der Waals surface area contributed by atoms with Gasteiger partial charge in [-0.1, -0.05) is 5.16 Å². The summed E-state index contributed by atoms with van der Waals surface area (Å²) < 4.78 is 5.13. The summed E-state index contributed by atoms with van der Waals surface area (Å²) in [5, 5.41) is 15.5. The van der Waals surface area contributed by atoms with Crippen LogP contribution in [0.15, 0.2) is 10.6 Å². The third kappa shape index (κ3) is 2.62. The minimum Gasteiger partial charge on any atom is -0.481 e. The second kappa shape index (κ2) is 4.68. The van der Waals surface area contributed by atoms with Crippen molar-refractivity contribution in [3.8, 4) is 0 Å². The first-order valence-electron chi connectivity index (χ1n) is 6.64. The van der Waals surface area contributed by atoms with Gasteiger partial charge in [-0.2, -0.15) is 0 Å². The van der Waals surface area contributed by atoms with Gasteiger partial charge in [0.05, 0.1) is 5.92 Å². The van der Waals surface area contributed by atoms with Crippen LogP contribution in [0, 0.1) is 5.92 Å². The highest BCUT2D eigenvalue weighted by molar-refractivity contribution is 5.92. The predicted octanol–water partition coefficient (Wildman–Crippen LogP) is 1.54. The number of aliphatic carboxylic acids is 1. The third-order valence-corrected chi connectivity index (χ3v) is 3.86. The first-order valence-corrected chi connectivity index (χ1v) is 6.64. The van der Waals surface area contributed by atoms with E-state index in [0.717, 1.165) is 18.6 Å². The quantitative estimate of drug-likeness (QED) is 0.860. The summed E-state index contributed by atoms with van der Waals surface area (Å²) in [5.74, 6) is -0.192. The Hall–Kier alpha value is -1.85. The minimum atomic E-state index is -0.783. The van der Waals surface area contributed by atoms with Crippen molar-refractivity contribution in [3.05, 3.63) is 17.5 Å². The van der Waals surface area contributed by atoms with E-state index in [0.29, 0.717) is 30.9 Å². The van der Waals surface area contributed by atoms with Gasteiger partial charge in [-0.3, -0.25) is 9.59 Å². The molecule has 3 rings (SSSR count). The van der Waals surface area contributed by atoms with Crippen LogP contribution in [0.1, 0.15) is 54.3 Å². The van der Waals surface area contributed by atoms with Gasteiger partial charge in [0.25, 0.3) is 5.91 Å². The van der Waals surface area contributed by atoms with E-state index < -0.39 is 5.97 Å². The van der Waals surface area contributed by atoms with Gasteiger partial charge in [0.15, 0.2) is 5.69 Å². The van der Waals surface area contributed by atoms with Crippen LogP contribution in [-0.2, 0) is 4.79 Å². The van der Waals surface area contributed by atoms with Crippen molar-refractivity contribution in [2.75, 3.05) is 0 Å². The Morgan fingerprint density at radius 3 is 2.74 bits per heavy atom.